The molecule has 1 saturated heterocycles. The van der Waals surface area contributed by atoms with Gasteiger partial charge in [-0.05, 0) is 43.1 Å². The zero-order chi connectivity index (χ0) is 20.5. The molecule has 0 bridgehead atoms. The van der Waals surface area contributed by atoms with Gasteiger partial charge in [0.05, 0.1) is 6.54 Å². The van der Waals surface area contributed by atoms with E-state index in [1.807, 2.05) is 18.3 Å². The van der Waals surface area contributed by atoms with E-state index >= 15 is 0 Å². The summed E-state index contributed by atoms with van der Waals surface area (Å²) in [6.07, 6.45) is 5.77. The second-order valence-corrected chi connectivity index (χ2v) is 7.86. The van der Waals surface area contributed by atoms with Crippen LogP contribution in [0.25, 0.3) is 22.2 Å². The number of nitrogens with one attached hydrogen (secondary N) is 1. The highest BCUT2D eigenvalue weighted by Gasteiger charge is 2.26. The number of nitrogens with zero attached hydrogens (tertiary/aromatic N) is 5. The minimum atomic E-state index is 0.137. The Hall–Kier alpha value is -3.50. The minimum Gasteiger partial charge on any atom is -0.410 e. The van der Waals surface area contributed by atoms with Gasteiger partial charge in [-0.15, -0.1) is 0 Å². The van der Waals surface area contributed by atoms with Crippen molar-refractivity contribution in [2.45, 2.75) is 32.4 Å². The first-order valence-corrected chi connectivity index (χ1v) is 10.3. The molecule has 2 aliphatic rings. The van der Waals surface area contributed by atoms with Crippen LogP contribution in [0.4, 0.5) is 0 Å². The van der Waals surface area contributed by atoms with E-state index in [0.29, 0.717) is 17.8 Å². The van der Waals surface area contributed by atoms with Crippen molar-refractivity contribution < 1.29 is 5.21 Å². The molecule has 5 rings (SSSR count). The van der Waals surface area contributed by atoms with Crippen LogP contribution in [0.1, 0.15) is 36.1 Å². The highest BCUT2D eigenvalue weighted by atomic mass is 16.4. The zero-order valence-electron chi connectivity index (χ0n) is 16.6. The van der Waals surface area contributed by atoms with Crippen molar-refractivity contribution in [3.63, 3.8) is 0 Å². The molecule has 2 aliphatic heterocycles. The van der Waals surface area contributed by atoms with Gasteiger partial charge < -0.3 is 10.2 Å². The summed E-state index contributed by atoms with van der Waals surface area (Å²) in [5, 5.41) is 23.0. The molecule has 0 aliphatic carbocycles. The Morgan fingerprint density at radius 2 is 1.93 bits per heavy atom. The van der Waals surface area contributed by atoms with E-state index < -0.39 is 0 Å². The summed E-state index contributed by atoms with van der Waals surface area (Å²) in [5.41, 5.74) is 5.91. The van der Waals surface area contributed by atoms with Crippen molar-refractivity contribution >= 4 is 22.5 Å². The Morgan fingerprint density at radius 3 is 2.67 bits per heavy atom. The molecule has 2 N–H and O–H groups in total. The summed E-state index contributed by atoms with van der Waals surface area (Å²) >= 11 is 0. The van der Waals surface area contributed by atoms with Gasteiger partial charge in [0.1, 0.15) is 17.4 Å². The van der Waals surface area contributed by atoms with E-state index in [1.54, 1.807) is 0 Å². The van der Waals surface area contributed by atoms with E-state index in [0.717, 1.165) is 28.8 Å². The summed E-state index contributed by atoms with van der Waals surface area (Å²) in [6.45, 7) is 3.71. The number of hydrogen-bond acceptors (Lipinski definition) is 6. The predicted octanol–water partition coefficient (Wildman–Crippen LogP) is 3.87. The van der Waals surface area contributed by atoms with E-state index in [1.165, 1.54) is 37.9 Å². The van der Waals surface area contributed by atoms with Gasteiger partial charge in [0.25, 0.3) is 0 Å². The molecule has 0 atom stereocenters. The third kappa shape index (κ3) is 3.25. The van der Waals surface area contributed by atoms with Crippen LogP contribution >= 0.6 is 0 Å². The number of piperidine rings is 1. The highest BCUT2D eigenvalue weighted by Crippen LogP contribution is 2.30. The number of aliphatic imine (C=N–C) groups is 1. The van der Waals surface area contributed by atoms with Gasteiger partial charge in [0.15, 0.2) is 5.71 Å². The van der Waals surface area contributed by atoms with Gasteiger partial charge in [0, 0.05) is 34.9 Å². The van der Waals surface area contributed by atoms with Crippen LogP contribution < -0.4 is 0 Å². The topological polar surface area (TPSA) is 101 Å². The molecular formula is C23H22N6O. The molecule has 0 amide bonds. The van der Waals surface area contributed by atoms with Gasteiger partial charge in [-0.1, -0.05) is 35.8 Å². The molecule has 7 nitrogen and oxygen atoms in total. The van der Waals surface area contributed by atoms with Crippen LogP contribution in [-0.4, -0.2) is 44.6 Å². The van der Waals surface area contributed by atoms with E-state index in [2.05, 4.69) is 49.3 Å². The largest absolute Gasteiger partial charge is 0.410 e. The van der Waals surface area contributed by atoms with Crippen LogP contribution in [0, 0.1) is 11.3 Å². The Morgan fingerprint density at radius 1 is 1.13 bits per heavy atom. The first-order valence-electron chi connectivity index (χ1n) is 10.3. The lowest BCUT2D eigenvalue weighted by Crippen LogP contribution is -2.28. The average Bonchev–Trinajstić information content (AvgIpc) is 3.17. The average molecular weight is 398 g/mol. The smallest absolute Gasteiger partial charge is 0.165 e. The lowest BCUT2D eigenvalue weighted by atomic mass is 9.98. The first kappa shape index (κ1) is 18.5. The number of fused-ring (bicyclic) bond motifs is 3. The van der Waals surface area contributed by atoms with Crippen LogP contribution in [-0.2, 0) is 13.1 Å². The van der Waals surface area contributed by atoms with E-state index in [9.17, 15) is 10.5 Å². The monoisotopic (exact) mass is 398 g/mol. The van der Waals surface area contributed by atoms with Gasteiger partial charge in [0.2, 0.25) is 0 Å². The van der Waals surface area contributed by atoms with Crippen molar-refractivity contribution in [1.29, 1.82) is 5.26 Å². The number of likely N-dealkylation sites (tertiary alicyclic amines) is 1. The number of hydrogen-bond donors (Lipinski definition) is 2. The lowest BCUT2D eigenvalue weighted by Gasteiger charge is -2.26. The van der Waals surface area contributed by atoms with Gasteiger partial charge >= 0.3 is 0 Å². The minimum absolute atomic E-state index is 0.137. The Balaban J connectivity index is 1.46. The van der Waals surface area contributed by atoms with Gasteiger partial charge in [-0.2, -0.15) is 5.26 Å². The molecule has 1 aromatic carbocycles. The second kappa shape index (κ2) is 7.73. The molecule has 30 heavy (non-hydrogen) atoms. The van der Waals surface area contributed by atoms with Crippen molar-refractivity contribution in [3.8, 4) is 17.2 Å². The molecular weight excluding hydrogens is 376 g/mol. The number of benzene rings is 1. The molecule has 0 saturated carbocycles. The Labute approximate surface area is 174 Å². The Kier molecular flexibility index (Phi) is 4.77. The maximum absolute atomic E-state index is 9.49. The third-order valence-corrected chi connectivity index (χ3v) is 5.93. The van der Waals surface area contributed by atoms with E-state index in [-0.39, 0.29) is 11.4 Å². The maximum Gasteiger partial charge on any atom is 0.165 e. The van der Waals surface area contributed by atoms with Crippen molar-refractivity contribution in [2.24, 2.45) is 10.1 Å². The summed E-state index contributed by atoms with van der Waals surface area (Å²) in [5.74, 6) is 0. The molecule has 150 valence electrons. The van der Waals surface area contributed by atoms with Crippen molar-refractivity contribution in [2.75, 3.05) is 13.1 Å². The summed E-state index contributed by atoms with van der Waals surface area (Å²) in [6, 6.07) is 12.7. The third-order valence-electron chi connectivity index (χ3n) is 5.93. The fraction of sp³-hybridized carbons (Fsp3) is 0.304. The molecule has 4 heterocycles. The molecule has 0 radical (unpaired) electrons. The van der Waals surface area contributed by atoms with Crippen LogP contribution in [0.5, 0.6) is 0 Å². The first-order chi connectivity index (χ1) is 14.8. The summed E-state index contributed by atoms with van der Waals surface area (Å²) in [4.78, 5) is 14.5. The molecule has 1 fully saturated rings. The Bertz CT molecular complexity index is 1190. The number of aromatic amines is 1. The normalized spacial score (nSPS) is 18.2. The lowest BCUT2D eigenvalue weighted by molar-refractivity contribution is 0.221. The van der Waals surface area contributed by atoms with Crippen LogP contribution in [0.2, 0.25) is 0 Å². The summed E-state index contributed by atoms with van der Waals surface area (Å²) < 4.78 is 0. The molecule has 0 unspecified atom stereocenters. The number of pyridine rings is 1. The quantitative estimate of drug-likeness (QED) is 0.516. The van der Waals surface area contributed by atoms with Gasteiger partial charge in [-0.3, -0.25) is 9.89 Å². The molecule has 7 heteroatoms. The fourth-order valence-electron chi connectivity index (χ4n) is 4.39. The number of H-pyrrole nitrogens is 1. The van der Waals surface area contributed by atoms with Crippen molar-refractivity contribution in [3.05, 3.63) is 53.3 Å². The number of nitriles is 1. The molecule has 0 spiro atoms. The van der Waals surface area contributed by atoms with Crippen LogP contribution in [0.15, 0.2) is 46.7 Å². The number of aromatic nitrogens is 2. The molecule has 3 aromatic rings. The second-order valence-electron chi connectivity index (χ2n) is 7.86. The highest BCUT2D eigenvalue weighted by molar-refractivity contribution is 6.55. The number of rotatable bonds is 3. The van der Waals surface area contributed by atoms with Crippen LogP contribution in [0.3, 0.4) is 0 Å². The number of oxime groups is 1. The van der Waals surface area contributed by atoms with Gasteiger partial charge in [-0.25, -0.2) is 4.98 Å². The maximum atomic E-state index is 9.49. The predicted molar refractivity (Wildman–Crippen MR) is 116 cm³/mol. The summed E-state index contributed by atoms with van der Waals surface area (Å²) in [7, 11) is 0. The molecule has 2 aromatic heterocycles. The van der Waals surface area contributed by atoms with Crippen molar-refractivity contribution in [1.82, 2.24) is 14.9 Å². The zero-order valence-corrected chi connectivity index (χ0v) is 16.6. The fourth-order valence-corrected chi connectivity index (χ4v) is 4.39. The van der Waals surface area contributed by atoms with E-state index in [4.69, 9.17) is 0 Å². The SMILES string of the molecule is N#CC1=NCc2[nH]c3ncc(-c4ccc(CN5CCCCC5)cc4)cc3c2C1=NO. The standard InChI is InChI=1S/C23H22N6O/c24-11-19-22(28-30)21-18-10-17(12-26-23(18)27-20(21)13-25-19)16-6-4-15(5-7-16)14-29-8-2-1-3-9-29/h4-7,10,12,30H,1-3,8-9,13-14H2,(H,26,27).